The number of carboxylic acid groups (broad SMARTS) is 1. The van der Waals surface area contributed by atoms with Crippen LogP contribution in [0.15, 0.2) is 24.3 Å². The summed E-state index contributed by atoms with van der Waals surface area (Å²) >= 11 is 0. The lowest BCUT2D eigenvalue weighted by molar-refractivity contribution is -0.148. The highest BCUT2D eigenvalue weighted by Crippen LogP contribution is 2.30. The van der Waals surface area contributed by atoms with E-state index in [1.165, 1.54) is 0 Å². The Hall–Kier alpha value is -2.17. The van der Waals surface area contributed by atoms with Crippen molar-refractivity contribution in [3.63, 3.8) is 0 Å². The summed E-state index contributed by atoms with van der Waals surface area (Å²) in [5.74, 6) is -2.18. The van der Waals surface area contributed by atoms with Gasteiger partial charge in [0, 0.05) is 6.42 Å². The summed E-state index contributed by atoms with van der Waals surface area (Å²) in [6, 6.07) is 7.57. The molecule has 0 spiro atoms. The number of aliphatic carboxylic acids is 1. The van der Waals surface area contributed by atoms with Crippen molar-refractivity contribution in [2.45, 2.75) is 32.1 Å². The van der Waals surface area contributed by atoms with Crippen LogP contribution >= 0.6 is 0 Å². The molecule has 0 radical (unpaired) electrons. The molecule has 1 fully saturated rings. The smallest absolute Gasteiger partial charge is 0.323 e. The van der Waals surface area contributed by atoms with E-state index in [9.17, 15) is 14.4 Å². The van der Waals surface area contributed by atoms with Gasteiger partial charge in [-0.05, 0) is 17.0 Å². The maximum absolute atomic E-state index is 12.1. The van der Waals surface area contributed by atoms with Crippen LogP contribution in [0.4, 0.5) is 0 Å². The molecule has 1 aliphatic heterocycles. The van der Waals surface area contributed by atoms with E-state index in [1.54, 1.807) is 0 Å². The molecular formula is C15H17NO4. The Morgan fingerprint density at radius 2 is 1.90 bits per heavy atom. The molecule has 5 heteroatoms. The minimum atomic E-state index is -1.18. The van der Waals surface area contributed by atoms with Crippen LogP contribution in [0.25, 0.3) is 0 Å². The SMILES string of the molecule is CC(C)c1ccc(C2CC(=O)N(CC(=O)O)C2=O)cc1. The van der Waals surface area contributed by atoms with Crippen molar-refractivity contribution in [2.75, 3.05) is 6.54 Å². The van der Waals surface area contributed by atoms with Gasteiger partial charge in [0.1, 0.15) is 6.54 Å². The van der Waals surface area contributed by atoms with E-state index >= 15 is 0 Å². The summed E-state index contributed by atoms with van der Waals surface area (Å²) < 4.78 is 0. The second-order valence-corrected chi connectivity index (χ2v) is 5.29. The highest BCUT2D eigenvalue weighted by molar-refractivity contribution is 6.07. The second-order valence-electron chi connectivity index (χ2n) is 5.29. The number of likely N-dealkylation sites (tertiary alicyclic amines) is 1. The number of nitrogens with zero attached hydrogens (tertiary/aromatic N) is 1. The van der Waals surface area contributed by atoms with Gasteiger partial charge in [0.15, 0.2) is 0 Å². The summed E-state index contributed by atoms with van der Waals surface area (Å²) in [6.07, 6.45) is 0.0487. The van der Waals surface area contributed by atoms with Gasteiger partial charge in [-0.3, -0.25) is 19.3 Å². The summed E-state index contributed by atoms with van der Waals surface area (Å²) in [4.78, 5) is 35.3. The van der Waals surface area contributed by atoms with E-state index in [0.717, 1.165) is 16.0 Å². The topological polar surface area (TPSA) is 74.7 Å². The quantitative estimate of drug-likeness (QED) is 0.849. The molecule has 1 atom stereocenters. The average molecular weight is 275 g/mol. The van der Waals surface area contributed by atoms with E-state index < -0.39 is 30.2 Å². The highest BCUT2D eigenvalue weighted by atomic mass is 16.4. The molecule has 1 aromatic carbocycles. The zero-order chi connectivity index (χ0) is 14.9. The van der Waals surface area contributed by atoms with Gasteiger partial charge in [0.25, 0.3) is 0 Å². The molecule has 2 rings (SSSR count). The van der Waals surface area contributed by atoms with Crippen molar-refractivity contribution in [2.24, 2.45) is 0 Å². The Kier molecular flexibility index (Phi) is 3.88. The van der Waals surface area contributed by atoms with E-state index in [2.05, 4.69) is 13.8 Å². The van der Waals surface area contributed by atoms with Crippen molar-refractivity contribution >= 4 is 17.8 Å². The molecule has 1 unspecified atom stereocenters. The van der Waals surface area contributed by atoms with E-state index in [1.807, 2.05) is 24.3 Å². The number of rotatable bonds is 4. The Labute approximate surface area is 117 Å². The third-order valence-electron chi connectivity index (χ3n) is 3.54. The van der Waals surface area contributed by atoms with E-state index in [4.69, 9.17) is 5.11 Å². The van der Waals surface area contributed by atoms with Crippen LogP contribution < -0.4 is 0 Å². The highest BCUT2D eigenvalue weighted by Gasteiger charge is 2.40. The molecule has 1 heterocycles. The molecule has 0 aromatic heterocycles. The van der Waals surface area contributed by atoms with E-state index in [0.29, 0.717) is 5.92 Å². The Balaban J connectivity index is 2.19. The van der Waals surface area contributed by atoms with Crippen molar-refractivity contribution in [3.05, 3.63) is 35.4 Å². The van der Waals surface area contributed by atoms with Crippen molar-refractivity contribution < 1.29 is 19.5 Å². The molecule has 0 aliphatic carbocycles. The number of hydrogen-bond acceptors (Lipinski definition) is 3. The predicted molar refractivity (Wildman–Crippen MR) is 72.2 cm³/mol. The molecule has 20 heavy (non-hydrogen) atoms. The summed E-state index contributed by atoms with van der Waals surface area (Å²) in [7, 11) is 0. The molecule has 1 saturated heterocycles. The fourth-order valence-corrected chi connectivity index (χ4v) is 2.36. The Morgan fingerprint density at radius 3 is 2.40 bits per heavy atom. The standard InChI is InChI=1S/C15H17NO4/c1-9(2)10-3-5-11(6-4-10)12-7-13(17)16(15(12)20)8-14(18)19/h3-6,9,12H,7-8H2,1-2H3,(H,18,19). The first-order valence-electron chi connectivity index (χ1n) is 6.56. The fourth-order valence-electron chi connectivity index (χ4n) is 2.36. The fraction of sp³-hybridized carbons (Fsp3) is 0.400. The maximum atomic E-state index is 12.1. The van der Waals surface area contributed by atoms with Crippen LogP contribution in [0.5, 0.6) is 0 Å². The third kappa shape index (κ3) is 2.71. The number of carbonyl (C=O) groups is 3. The van der Waals surface area contributed by atoms with Crippen LogP contribution in [0.1, 0.15) is 43.2 Å². The molecule has 1 N–H and O–H groups in total. The van der Waals surface area contributed by atoms with Gasteiger partial charge in [0.2, 0.25) is 11.8 Å². The average Bonchev–Trinajstić information content (AvgIpc) is 2.66. The zero-order valence-electron chi connectivity index (χ0n) is 11.5. The van der Waals surface area contributed by atoms with Crippen LogP contribution in [0.3, 0.4) is 0 Å². The molecule has 1 aliphatic rings. The predicted octanol–water partition coefficient (Wildman–Crippen LogP) is 1.74. The lowest BCUT2D eigenvalue weighted by atomic mass is 9.94. The number of carboxylic acids is 1. The summed E-state index contributed by atoms with van der Waals surface area (Å²) in [6.45, 7) is 3.60. The first-order valence-corrected chi connectivity index (χ1v) is 6.56. The van der Waals surface area contributed by atoms with Gasteiger partial charge in [-0.1, -0.05) is 38.1 Å². The largest absolute Gasteiger partial charge is 0.480 e. The number of carbonyl (C=O) groups excluding carboxylic acids is 2. The number of hydrogen-bond donors (Lipinski definition) is 1. The number of imide groups is 1. The number of benzene rings is 1. The van der Waals surface area contributed by atoms with Crippen molar-refractivity contribution in [1.29, 1.82) is 0 Å². The van der Waals surface area contributed by atoms with Gasteiger partial charge in [0.05, 0.1) is 5.92 Å². The lowest BCUT2D eigenvalue weighted by Crippen LogP contribution is -2.35. The maximum Gasteiger partial charge on any atom is 0.323 e. The van der Waals surface area contributed by atoms with Crippen molar-refractivity contribution in [3.8, 4) is 0 Å². The normalized spacial score (nSPS) is 18.9. The van der Waals surface area contributed by atoms with Gasteiger partial charge >= 0.3 is 5.97 Å². The van der Waals surface area contributed by atoms with Gasteiger partial charge in [-0.2, -0.15) is 0 Å². The molecular weight excluding hydrogens is 258 g/mol. The van der Waals surface area contributed by atoms with Crippen LogP contribution in [-0.4, -0.2) is 34.3 Å². The molecule has 0 bridgehead atoms. The second kappa shape index (κ2) is 5.45. The minimum Gasteiger partial charge on any atom is -0.480 e. The van der Waals surface area contributed by atoms with Crippen molar-refractivity contribution in [1.82, 2.24) is 4.90 Å². The van der Waals surface area contributed by atoms with Gasteiger partial charge < -0.3 is 5.11 Å². The van der Waals surface area contributed by atoms with Crippen LogP contribution in [0.2, 0.25) is 0 Å². The molecule has 5 nitrogen and oxygen atoms in total. The van der Waals surface area contributed by atoms with Gasteiger partial charge in [-0.15, -0.1) is 0 Å². The first-order chi connectivity index (χ1) is 9.40. The molecule has 106 valence electrons. The minimum absolute atomic E-state index is 0.0487. The Morgan fingerprint density at radius 1 is 1.30 bits per heavy atom. The first kappa shape index (κ1) is 14.2. The number of amides is 2. The summed E-state index contributed by atoms with van der Waals surface area (Å²) in [5.41, 5.74) is 1.92. The zero-order valence-corrected chi connectivity index (χ0v) is 11.5. The van der Waals surface area contributed by atoms with Gasteiger partial charge in [-0.25, -0.2) is 0 Å². The lowest BCUT2D eigenvalue weighted by Gasteiger charge is -2.13. The van der Waals surface area contributed by atoms with E-state index in [-0.39, 0.29) is 6.42 Å². The molecule has 2 amide bonds. The molecule has 1 aromatic rings. The third-order valence-corrected chi connectivity index (χ3v) is 3.54. The Bertz CT molecular complexity index is 547. The van der Waals surface area contributed by atoms with Crippen LogP contribution in [0, 0.1) is 0 Å². The summed E-state index contributed by atoms with van der Waals surface area (Å²) in [5, 5.41) is 8.72. The molecule has 0 saturated carbocycles. The monoisotopic (exact) mass is 275 g/mol. The van der Waals surface area contributed by atoms with Crippen LogP contribution in [-0.2, 0) is 14.4 Å².